The molecule has 0 N–H and O–H groups in total. The number of carbonyl (C=O) groups is 1. The molecular weight excluding hydrogens is 318 g/mol. The quantitative estimate of drug-likeness (QED) is 0.791. The van der Waals surface area contributed by atoms with Crippen LogP contribution in [0.3, 0.4) is 0 Å². The molecule has 26 heavy (non-hydrogen) atoms. The molecule has 2 unspecified atom stereocenters. The van der Waals surface area contributed by atoms with Gasteiger partial charge in [0.2, 0.25) is 0 Å². The smallest absolute Gasteiger partial charge is 0.139 e. The normalized spacial score (nSPS) is 30.8. The highest BCUT2D eigenvalue weighted by molar-refractivity contribution is 5.86. The van der Waals surface area contributed by atoms with Crippen molar-refractivity contribution in [3.05, 3.63) is 70.8 Å². The molecule has 5 rings (SSSR count). The number of ketones is 1. The van der Waals surface area contributed by atoms with Gasteiger partial charge in [0.15, 0.2) is 0 Å². The molecule has 2 nitrogen and oxygen atoms in total. The molecule has 2 atom stereocenters. The Bertz CT molecular complexity index is 748. The zero-order chi connectivity index (χ0) is 18.5. The zero-order valence-electron chi connectivity index (χ0n) is 16.3. The van der Waals surface area contributed by atoms with Gasteiger partial charge >= 0.3 is 0 Å². The summed E-state index contributed by atoms with van der Waals surface area (Å²) in [5.74, 6) is 1.20. The Morgan fingerprint density at radius 2 is 1.23 bits per heavy atom. The van der Waals surface area contributed by atoms with Crippen LogP contribution in [0.4, 0.5) is 0 Å². The Balaban J connectivity index is 1.79. The second-order valence-corrected chi connectivity index (χ2v) is 8.73. The molecule has 3 aliphatic carbocycles. The molecule has 2 bridgehead atoms. The summed E-state index contributed by atoms with van der Waals surface area (Å²) in [5, 5.41) is 0. The lowest BCUT2D eigenvalue weighted by atomic mass is 9.52. The lowest BCUT2D eigenvalue weighted by Gasteiger charge is -2.56. The first-order valence-electron chi connectivity index (χ1n) is 9.73. The number of fused-ring (bicyclic) bond motifs is 3. The van der Waals surface area contributed by atoms with E-state index in [2.05, 4.69) is 81.4 Å². The fourth-order valence-corrected chi connectivity index (χ4v) is 5.27. The number of rotatable bonds is 3. The van der Waals surface area contributed by atoms with Gasteiger partial charge in [-0.15, -0.1) is 0 Å². The Morgan fingerprint density at radius 1 is 0.808 bits per heavy atom. The summed E-state index contributed by atoms with van der Waals surface area (Å²) in [6, 6.07) is 17.7. The summed E-state index contributed by atoms with van der Waals surface area (Å²) in [5.41, 5.74) is 5.20. The summed E-state index contributed by atoms with van der Waals surface area (Å²) in [6.07, 6.45) is 2.87. The minimum atomic E-state index is -0.0169. The third kappa shape index (κ3) is 2.81. The van der Waals surface area contributed by atoms with E-state index < -0.39 is 0 Å². The molecule has 0 saturated heterocycles. The third-order valence-electron chi connectivity index (χ3n) is 6.90. The van der Waals surface area contributed by atoms with Crippen molar-refractivity contribution in [1.29, 1.82) is 0 Å². The molecule has 136 valence electrons. The molecule has 2 aromatic rings. The maximum Gasteiger partial charge on any atom is 0.139 e. The van der Waals surface area contributed by atoms with Crippen LogP contribution < -0.4 is 0 Å². The van der Waals surface area contributed by atoms with Crippen molar-refractivity contribution in [2.45, 2.75) is 50.5 Å². The summed E-state index contributed by atoms with van der Waals surface area (Å²) in [7, 11) is 4.30. The summed E-state index contributed by atoms with van der Waals surface area (Å²) >= 11 is 0. The summed E-state index contributed by atoms with van der Waals surface area (Å²) < 4.78 is 0. The van der Waals surface area contributed by atoms with Crippen molar-refractivity contribution < 1.29 is 4.79 Å². The van der Waals surface area contributed by atoms with Crippen LogP contribution in [0.2, 0.25) is 0 Å². The van der Waals surface area contributed by atoms with Crippen LogP contribution in [0.5, 0.6) is 0 Å². The van der Waals surface area contributed by atoms with Crippen molar-refractivity contribution in [3.8, 4) is 0 Å². The van der Waals surface area contributed by atoms with Crippen molar-refractivity contribution in [1.82, 2.24) is 4.90 Å². The van der Waals surface area contributed by atoms with Gasteiger partial charge in [0, 0.05) is 17.9 Å². The Hall–Kier alpha value is -1.93. The van der Waals surface area contributed by atoms with Crippen LogP contribution in [-0.2, 0) is 4.79 Å². The predicted molar refractivity (Wildman–Crippen MR) is 107 cm³/mol. The van der Waals surface area contributed by atoms with Crippen LogP contribution in [-0.4, -0.2) is 30.3 Å². The molecule has 2 aromatic carbocycles. The first-order chi connectivity index (χ1) is 12.4. The van der Waals surface area contributed by atoms with E-state index >= 15 is 0 Å². The molecule has 0 heterocycles. The monoisotopic (exact) mass is 347 g/mol. The van der Waals surface area contributed by atoms with Gasteiger partial charge < -0.3 is 4.90 Å². The second kappa shape index (κ2) is 6.35. The van der Waals surface area contributed by atoms with E-state index in [1.165, 1.54) is 22.3 Å². The Labute approximate surface area is 157 Å². The second-order valence-electron chi connectivity index (χ2n) is 8.73. The molecule has 0 aromatic heterocycles. The van der Waals surface area contributed by atoms with Crippen molar-refractivity contribution >= 4 is 5.78 Å². The molecular formula is C24H29NO. The van der Waals surface area contributed by atoms with Gasteiger partial charge in [-0.1, -0.05) is 59.7 Å². The van der Waals surface area contributed by atoms with Crippen molar-refractivity contribution in [3.63, 3.8) is 0 Å². The van der Waals surface area contributed by atoms with E-state index in [-0.39, 0.29) is 11.5 Å². The van der Waals surface area contributed by atoms with Gasteiger partial charge in [-0.3, -0.25) is 4.79 Å². The molecule has 0 radical (unpaired) electrons. The third-order valence-corrected chi connectivity index (χ3v) is 6.90. The average Bonchev–Trinajstić information content (AvgIpc) is 2.62. The number of hydrogen-bond acceptors (Lipinski definition) is 2. The molecule has 3 saturated carbocycles. The van der Waals surface area contributed by atoms with Gasteiger partial charge in [0.05, 0.1) is 0 Å². The lowest BCUT2D eigenvalue weighted by Crippen LogP contribution is -2.59. The van der Waals surface area contributed by atoms with Crippen LogP contribution in [0, 0.1) is 19.8 Å². The highest BCUT2D eigenvalue weighted by atomic mass is 16.1. The first-order valence-corrected chi connectivity index (χ1v) is 9.73. The van der Waals surface area contributed by atoms with E-state index in [1.54, 1.807) is 0 Å². The predicted octanol–water partition coefficient (Wildman–Crippen LogP) is 4.85. The number of hydrogen-bond donors (Lipinski definition) is 0. The lowest BCUT2D eigenvalue weighted by molar-refractivity contribution is -0.138. The van der Waals surface area contributed by atoms with E-state index in [4.69, 9.17) is 0 Å². The average molecular weight is 348 g/mol. The van der Waals surface area contributed by atoms with Crippen LogP contribution in [0.25, 0.3) is 0 Å². The van der Waals surface area contributed by atoms with E-state index in [0.29, 0.717) is 24.0 Å². The standard InChI is InChI=1S/C24H29NO/c1-16-5-9-18(10-6-16)20-13-24(25(3)4)14-21(23(20)22(26)15-24)19-11-7-17(2)8-12-19/h5-12,20-21,23H,13-15H2,1-4H3. The molecule has 0 amide bonds. The van der Waals surface area contributed by atoms with Crippen LogP contribution in [0.15, 0.2) is 48.5 Å². The first kappa shape index (κ1) is 17.5. The maximum atomic E-state index is 13.2. The highest BCUT2D eigenvalue weighted by Gasteiger charge is 2.56. The van der Waals surface area contributed by atoms with Crippen molar-refractivity contribution in [2.75, 3.05) is 14.1 Å². The molecule has 3 aliphatic rings. The fourth-order valence-electron chi connectivity index (χ4n) is 5.27. The zero-order valence-corrected chi connectivity index (χ0v) is 16.3. The topological polar surface area (TPSA) is 20.3 Å². The molecule has 0 spiro atoms. The molecule has 0 aliphatic heterocycles. The van der Waals surface area contributed by atoms with Crippen molar-refractivity contribution in [2.24, 2.45) is 5.92 Å². The number of benzene rings is 2. The number of nitrogens with zero attached hydrogens (tertiary/aromatic N) is 1. The van der Waals surface area contributed by atoms with E-state index in [1.807, 2.05) is 0 Å². The molecule has 3 fully saturated rings. The van der Waals surface area contributed by atoms with Crippen LogP contribution >= 0.6 is 0 Å². The molecule has 2 heteroatoms. The highest BCUT2D eigenvalue weighted by Crippen LogP contribution is 2.57. The minimum absolute atomic E-state index is 0.0169. The van der Waals surface area contributed by atoms with E-state index in [9.17, 15) is 4.79 Å². The van der Waals surface area contributed by atoms with E-state index in [0.717, 1.165) is 12.8 Å². The number of Topliss-reactive ketones (excluding diaryl/α,β-unsaturated/α-hetero) is 1. The van der Waals surface area contributed by atoms with Gasteiger partial charge in [-0.25, -0.2) is 0 Å². The van der Waals surface area contributed by atoms with Gasteiger partial charge in [-0.2, -0.15) is 0 Å². The maximum absolute atomic E-state index is 13.2. The van der Waals surface area contributed by atoms with Gasteiger partial charge in [0.25, 0.3) is 0 Å². The largest absolute Gasteiger partial charge is 0.303 e. The fraction of sp³-hybridized carbons (Fsp3) is 0.458. The summed E-state index contributed by atoms with van der Waals surface area (Å²) in [4.78, 5) is 15.6. The van der Waals surface area contributed by atoms with Gasteiger partial charge in [-0.05, 0) is 63.7 Å². The van der Waals surface area contributed by atoms with Gasteiger partial charge in [0.1, 0.15) is 5.78 Å². The Kier molecular flexibility index (Phi) is 4.27. The SMILES string of the molecule is Cc1ccc(C2CC3(N(C)C)CC(=O)C2C(c2ccc(C)cc2)C3)cc1. The number of carbonyl (C=O) groups excluding carboxylic acids is 1. The van der Waals surface area contributed by atoms with Crippen LogP contribution in [0.1, 0.15) is 53.4 Å². The summed E-state index contributed by atoms with van der Waals surface area (Å²) in [6.45, 7) is 4.25. The Morgan fingerprint density at radius 3 is 1.62 bits per heavy atom. The minimum Gasteiger partial charge on any atom is -0.303 e. The number of aryl methyl sites for hydroxylation is 2.